The number of carboxylic acid groups (broad SMARTS) is 1. The highest BCUT2D eigenvalue weighted by atomic mass is 32.2. The Balaban J connectivity index is 1.23. The summed E-state index contributed by atoms with van der Waals surface area (Å²) in [5, 5.41) is 24.6. The number of anilines is 1. The van der Waals surface area contributed by atoms with Crippen molar-refractivity contribution in [3.05, 3.63) is 21.7 Å². The molecule has 0 radical (unpaired) electrons. The zero-order chi connectivity index (χ0) is 23.4. The van der Waals surface area contributed by atoms with Crippen LogP contribution < -0.4 is 10.0 Å². The number of aromatic nitrogens is 1. The van der Waals surface area contributed by atoms with E-state index in [2.05, 4.69) is 9.88 Å². The number of aliphatic hydroxyl groups is 1. The topological polar surface area (TPSA) is 117 Å². The molecule has 1 N–H and O–H groups in total. The number of aliphatic carboxylic acids is 1. The summed E-state index contributed by atoms with van der Waals surface area (Å²) in [6.07, 6.45) is 2.43. The van der Waals surface area contributed by atoms with Gasteiger partial charge in [-0.2, -0.15) is 0 Å². The fourth-order valence-electron chi connectivity index (χ4n) is 5.28. The maximum absolute atomic E-state index is 12.7. The third-order valence-corrected chi connectivity index (χ3v) is 9.42. The fraction of sp³-hybridized carbons (Fsp3) is 0.636. The highest BCUT2D eigenvalue weighted by Crippen LogP contribution is 2.52. The lowest BCUT2D eigenvalue weighted by Gasteiger charge is -2.47. The molecule has 2 amide bonds. The number of nitrogens with zero attached hydrogens (tertiary/aromatic N) is 4. The van der Waals surface area contributed by atoms with E-state index in [1.54, 1.807) is 6.92 Å². The Morgan fingerprint density at radius 2 is 1.97 bits per heavy atom. The number of rotatable bonds is 6. The molecule has 0 unspecified atom stereocenters. The van der Waals surface area contributed by atoms with Gasteiger partial charge in [0.15, 0.2) is 5.13 Å². The number of aliphatic hydroxyl groups excluding tert-OH is 1. The minimum atomic E-state index is -1.35. The Bertz CT molecular complexity index is 1010. The van der Waals surface area contributed by atoms with E-state index in [1.807, 2.05) is 17.2 Å². The van der Waals surface area contributed by atoms with Crippen LogP contribution in [0.2, 0.25) is 0 Å². The first-order valence-corrected chi connectivity index (χ1v) is 13.2. The smallest absolute Gasteiger partial charge is 0.273 e. The number of thiazole rings is 1. The standard InChI is InChI=1S/C22H28N4O5S2/c1-11-16-15(12(2)27)20(29)26(16)17(21(30)31)18(11)33-13-8-25(9-13)22-23-14(10-32-22)19(28)24-6-4-3-5-7-24/h10-13,15-16,27H,3-9H2,1-2H3,(H,30,31)/p-1/t11-,12-,15-,16-/m1/s1. The van der Waals surface area contributed by atoms with Crippen molar-refractivity contribution in [1.29, 1.82) is 0 Å². The van der Waals surface area contributed by atoms with E-state index in [-0.39, 0.29) is 34.7 Å². The van der Waals surface area contributed by atoms with Gasteiger partial charge in [-0.25, -0.2) is 4.98 Å². The van der Waals surface area contributed by atoms with Gasteiger partial charge in [-0.05, 0) is 26.2 Å². The molecule has 5 rings (SSSR count). The molecule has 4 aliphatic rings. The quantitative estimate of drug-likeness (QED) is 0.572. The van der Waals surface area contributed by atoms with Gasteiger partial charge in [-0.1, -0.05) is 6.92 Å². The fourth-order valence-corrected chi connectivity index (χ4v) is 7.62. The Labute approximate surface area is 200 Å². The van der Waals surface area contributed by atoms with Crippen molar-refractivity contribution in [2.24, 2.45) is 11.8 Å². The van der Waals surface area contributed by atoms with Gasteiger partial charge >= 0.3 is 0 Å². The van der Waals surface area contributed by atoms with Crippen molar-refractivity contribution < 1.29 is 24.6 Å². The molecular formula is C22H27N4O5S2-. The van der Waals surface area contributed by atoms with Crippen molar-refractivity contribution in [1.82, 2.24) is 14.8 Å². The second-order valence-corrected chi connectivity index (χ2v) is 11.4. The van der Waals surface area contributed by atoms with Crippen LogP contribution in [-0.4, -0.2) is 81.2 Å². The van der Waals surface area contributed by atoms with Crippen molar-refractivity contribution in [2.75, 3.05) is 31.1 Å². The lowest BCUT2D eigenvalue weighted by molar-refractivity contribution is -0.301. The second-order valence-electron chi connectivity index (χ2n) is 9.27. The molecule has 5 heterocycles. The monoisotopic (exact) mass is 491 g/mol. The van der Waals surface area contributed by atoms with Gasteiger partial charge in [-0.15, -0.1) is 23.1 Å². The maximum atomic E-state index is 12.7. The van der Waals surface area contributed by atoms with Gasteiger partial charge in [0.25, 0.3) is 5.91 Å². The van der Waals surface area contributed by atoms with Crippen LogP contribution in [0.15, 0.2) is 16.0 Å². The number of hydrogen-bond acceptors (Lipinski definition) is 9. The van der Waals surface area contributed by atoms with Gasteiger partial charge in [-0.3, -0.25) is 9.59 Å². The molecule has 0 aliphatic carbocycles. The van der Waals surface area contributed by atoms with E-state index in [1.165, 1.54) is 34.4 Å². The normalized spacial score (nSPS) is 28.5. The van der Waals surface area contributed by atoms with Crippen molar-refractivity contribution >= 4 is 46.0 Å². The molecule has 0 saturated carbocycles. The molecule has 3 saturated heterocycles. The summed E-state index contributed by atoms with van der Waals surface area (Å²) in [4.78, 5) is 47.4. The summed E-state index contributed by atoms with van der Waals surface area (Å²) in [5.41, 5.74) is 0.452. The molecule has 4 aliphatic heterocycles. The summed E-state index contributed by atoms with van der Waals surface area (Å²) in [6.45, 7) is 6.43. The second kappa shape index (κ2) is 8.59. The van der Waals surface area contributed by atoms with Gasteiger partial charge in [0, 0.05) is 47.6 Å². The first-order valence-electron chi connectivity index (χ1n) is 11.4. The summed E-state index contributed by atoms with van der Waals surface area (Å²) >= 11 is 2.93. The molecule has 33 heavy (non-hydrogen) atoms. The van der Waals surface area contributed by atoms with E-state index < -0.39 is 18.0 Å². The predicted octanol–water partition coefficient (Wildman–Crippen LogP) is 0.510. The van der Waals surface area contributed by atoms with Crippen LogP contribution in [0.1, 0.15) is 43.6 Å². The van der Waals surface area contributed by atoms with Crippen LogP contribution in [0.5, 0.6) is 0 Å². The maximum Gasteiger partial charge on any atom is 0.273 e. The molecule has 9 nitrogen and oxygen atoms in total. The third-order valence-electron chi connectivity index (χ3n) is 7.07. The SMILES string of the molecule is C[C@@H](O)[C@H]1C(=O)N2C(C(=O)[O-])=C(SC3CN(c4nc(C(=O)N5CCCCC5)cs4)C3)[C@H](C)[C@H]12. The highest BCUT2D eigenvalue weighted by Gasteiger charge is 2.59. The van der Waals surface area contributed by atoms with Gasteiger partial charge in [0.2, 0.25) is 5.91 Å². The van der Waals surface area contributed by atoms with Gasteiger partial charge in [0.05, 0.1) is 29.7 Å². The zero-order valence-electron chi connectivity index (χ0n) is 18.6. The van der Waals surface area contributed by atoms with Crippen molar-refractivity contribution in [3.8, 4) is 0 Å². The number of carboxylic acids is 1. The summed E-state index contributed by atoms with van der Waals surface area (Å²) in [7, 11) is 0. The van der Waals surface area contributed by atoms with Crippen LogP contribution in [0.3, 0.4) is 0 Å². The number of piperidine rings is 1. The predicted molar refractivity (Wildman–Crippen MR) is 122 cm³/mol. The van der Waals surface area contributed by atoms with Crippen LogP contribution in [-0.2, 0) is 9.59 Å². The number of amides is 2. The largest absolute Gasteiger partial charge is 0.543 e. The number of carbonyl (C=O) groups excluding carboxylic acids is 3. The first-order chi connectivity index (χ1) is 15.8. The van der Waals surface area contributed by atoms with Crippen molar-refractivity contribution in [3.63, 3.8) is 0 Å². The van der Waals surface area contributed by atoms with Gasteiger partial charge in [0.1, 0.15) is 5.69 Å². The summed E-state index contributed by atoms with van der Waals surface area (Å²) in [5.74, 6) is -2.43. The number of β-lactam (4-membered cyclic amide) rings is 1. The minimum Gasteiger partial charge on any atom is -0.543 e. The summed E-state index contributed by atoms with van der Waals surface area (Å²) < 4.78 is 0. The molecule has 4 atom stereocenters. The van der Waals surface area contributed by atoms with Gasteiger partial charge < -0.3 is 29.7 Å². The van der Waals surface area contributed by atoms with Crippen molar-refractivity contribution in [2.45, 2.75) is 50.5 Å². The number of fused-ring (bicyclic) bond motifs is 1. The lowest BCUT2D eigenvalue weighted by Crippen LogP contribution is -2.64. The van der Waals surface area contributed by atoms with Crippen LogP contribution in [0.25, 0.3) is 0 Å². The molecule has 0 spiro atoms. The van der Waals surface area contributed by atoms with E-state index in [0.29, 0.717) is 23.7 Å². The first kappa shape index (κ1) is 22.7. The number of likely N-dealkylation sites (tertiary alicyclic amines) is 1. The molecule has 1 aromatic rings. The van der Waals surface area contributed by atoms with E-state index >= 15 is 0 Å². The average Bonchev–Trinajstić information content (AvgIpc) is 3.32. The molecule has 3 fully saturated rings. The van der Waals surface area contributed by atoms with E-state index in [9.17, 15) is 24.6 Å². The molecule has 11 heteroatoms. The zero-order valence-corrected chi connectivity index (χ0v) is 20.2. The lowest BCUT2D eigenvalue weighted by atomic mass is 9.79. The molecule has 1 aromatic heterocycles. The molecule has 0 bridgehead atoms. The van der Waals surface area contributed by atoms with Crippen LogP contribution >= 0.6 is 23.1 Å². The minimum absolute atomic E-state index is 0.00552. The Morgan fingerprint density at radius 3 is 2.61 bits per heavy atom. The summed E-state index contributed by atoms with van der Waals surface area (Å²) in [6, 6.07) is -0.327. The highest BCUT2D eigenvalue weighted by molar-refractivity contribution is 8.03. The van der Waals surface area contributed by atoms with E-state index in [0.717, 1.165) is 31.1 Å². The molecule has 178 valence electrons. The number of carbonyl (C=O) groups is 3. The third kappa shape index (κ3) is 3.74. The average molecular weight is 492 g/mol. The van der Waals surface area contributed by atoms with E-state index in [4.69, 9.17) is 0 Å². The number of thioether (sulfide) groups is 1. The number of hydrogen-bond donors (Lipinski definition) is 1. The Hall–Kier alpha value is -2.11. The molecular weight excluding hydrogens is 464 g/mol. The van der Waals surface area contributed by atoms with Crippen LogP contribution in [0.4, 0.5) is 5.13 Å². The Kier molecular flexibility index (Phi) is 5.90. The Morgan fingerprint density at radius 1 is 1.27 bits per heavy atom. The van der Waals surface area contributed by atoms with Crippen LogP contribution in [0, 0.1) is 11.8 Å². The molecule has 0 aromatic carbocycles.